The van der Waals surface area contributed by atoms with Crippen molar-refractivity contribution in [3.63, 3.8) is 0 Å². The molecule has 0 fully saturated rings. The molecule has 1 nitrogen and oxygen atoms in total. The second-order valence-corrected chi connectivity index (χ2v) is 19.1. The fourth-order valence-corrected chi connectivity index (χ4v) is 12.1. The molecule has 0 N–H and O–H groups in total. The Balaban J connectivity index is -0.000000379. The first-order valence-corrected chi connectivity index (χ1v) is 17.9. The fourth-order valence-electron chi connectivity index (χ4n) is 4.23. The van der Waals surface area contributed by atoms with Gasteiger partial charge in [-0.1, -0.05) is 98.9 Å². The van der Waals surface area contributed by atoms with Crippen LogP contribution in [0.15, 0.2) is 35.0 Å². The number of rotatable bonds is 8. The molecule has 0 saturated carbocycles. The minimum atomic E-state index is -0.0804. The van der Waals surface area contributed by atoms with E-state index in [0.717, 1.165) is 34.0 Å². The van der Waals surface area contributed by atoms with Crippen LogP contribution in [0.5, 0.6) is 0 Å². The zero-order valence-electron chi connectivity index (χ0n) is 22.5. The van der Waals surface area contributed by atoms with Crippen LogP contribution in [0.3, 0.4) is 0 Å². The molecule has 1 rings (SSSR count). The molecule has 1 aromatic rings. The van der Waals surface area contributed by atoms with Gasteiger partial charge in [0.25, 0.3) is 6.79 Å². The van der Waals surface area contributed by atoms with Crippen molar-refractivity contribution in [3.05, 3.63) is 40.6 Å². The molecule has 2 radical (unpaired) electrons. The van der Waals surface area contributed by atoms with Gasteiger partial charge in [-0.3, -0.25) is 4.79 Å². The van der Waals surface area contributed by atoms with Crippen LogP contribution in [0.25, 0.3) is 6.08 Å². The first kappa shape index (κ1) is 37.0. The zero-order chi connectivity index (χ0) is 25.9. The summed E-state index contributed by atoms with van der Waals surface area (Å²) >= 11 is -0.0804. The number of hydrogen-bond acceptors (Lipinski definition) is 1. The number of benzene rings is 1. The summed E-state index contributed by atoms with van der Waals surface area (Å²) in [6.07, 6.45) is 2.05. The van der Waals surface area contributed by atoms with E-state index in [2.05, 4.69) is 102 Å². The van der Waals surface area contributed by atoms with Gasteiger partial charge in [-0.2, -0.15) is 0 Å². The van der Waals surface area contributed by atoms with Gasteiger partial charge in [-0.15, -0.1) is 0 Å². The molecule has 0 aromatic heterocycles. The Bertz CT molecular complexity index is 484. The molecular weight excluding hydrogens is 539 g/mol. The Morgan fingerprint density at radius 1 is 0.656 bits per heavy atom. The number of carbonyl (C=O) groups excluding carboxylic acids is 1. The van der Waals surface area contributed by atoms with E-state index in [4.69, 9.17) is 14.5 Å². The summed E-state index contributed by atoms with van der Waals surface area (Å²) in [5.41, 5.74) is 6.61. The Morgan fingerprint density at radius 3 is 1.12 bits per heavy atom. The summed E-state index contributed by atoms with van der Waals surface area (Å²) in [5.74, 6) is 0. The van der Waals surface area contributed by atoms with Crippen LogP contribution in [-0.2, 0) is 20.9 Å². The van der Waals surface area contributed by atoms with Gasteiger partial charge in [0.05, 0.1) is 0 Å². The predicted octanol–water partition coefficient (Wildman–Crippen LogP) is 9.88. The van der Waals surface area contributed by atoms with Crippen molar-refractivity contribution in [3.8, 4) is 0 Å². The van der Waals surface area contributed by atoms with Crippen LogP contribution < -0.4 is 0 Å². The van der Waals surface area contributed by atoms with E-state index in [1.165, 1.54) is 5.56 Å². The maximum atomic E-state index is 7.50. The van der Waals surface area contributed by atoms with Crippen molar-refractivity contribution in [2.24, 2.45) is 0 Å². The number of halogens is 1. The monoisotopic (exact) mass is 588 g/mol. The minimum absolute atomic E-state index is 0.0804. The Labute approximate surface area is 216 Å². The average molecular weight is 588 g/mol. The maximum absolute atomic E-state index is 7.50. The van der Waals surface area contributed by atoms with Gasteiger partial charge in [0.1, 0.15) is 0 Å². The summed E-state index contributed by atoms with van der Waals surface area (Å²) in [6.45, 7) is 32.7. The SMILES string of the molecule is CC(C)P(C(C)C)C(C)C.CC(C)P(C(C)C)C(C)C.[C]=O.[Cl][Ru][CH]=Cc1ccccc1. The molecule has 0 amide bonds. The van der Waals surface area contributed by atoms with Crippen LogP contribution in [0, 0.1) is 0 Å². The molecule has 0 unspecified atom stereocenters. The molecule has 0 aliphatic carbocycles. The van der Waals surface area contributed by atoms with Crippen molar-refractivity contribution >= 4 is 38.4 Å². The first-order chi connectivity index (χ1) is 14.9. The third-order valence-corrected chi connectivity index (χ3v) is 12.9. The predicted molar refractivity (Wildman–Crippen MR) is 152 cm³/mol. The summed E-state index contributed by atoms with van der Waals surface area (Å²) < 4.78 is 2.02. The van der Waals surface area contributed by atoms with E-state index in [1.807, 2.05) is 28.9 Å². The molecule has 0 aliphatic rings. The molecule has 32 heavy (non-hydrogen) atoms. The van der Waals surface area contributed by atoms with Crippen molar-refractivity contribution in [2.75, 3.05) is 0 Å². The van der Waals surface area contributed by atoms with Gasteiger partial charge in [0.15, 0.2) is 0 Å². The molecular formula is C27H49ClOP2Ru. The van der Waals surface area contributed by atoms with Gasteiger partial charge in [-0.25, -0.2) is 0 Å². The van der Waals surface area contributed by atoms with Crippen molar-refractivity contribution in [1.82, 2.24) is 0 Å². The van der Waals surface area contributed by atoms with Gasteiger partial charge < -0.3 is 0 Å². The van der Waals surface area contributed by atoms with Crippen LogP contribution >= 0.6 is 25.5 Å². The molecule has 0 aliphatic heterocycles. The van der Waals surface area contributed by atoms with E-state index in [1.54, 1.807) is 0 Å². The summed E-state index contributed by atoms with van der Waals surface area (Å²) in [7, 11) is 6.08. The summed E-state index contributed by atoms with van der Waals surface area (Å²) in [5, 5.41) is 0. The standard InChI is InChI=1S/2C9H21P.C8H7.CO.ClH.Ru/c2*1-7(2)10(8(3)4)9(5)6;1-2-8-6-4-3-5-7-8;1-2;;/h2*7-9H,1-6H3;1-7H;;1H;/q;;;;;+1/p-1. The van der Waals surface area contributed by atoms with Crippen LogP contribution in [0.2, 0.25) is 0 Å². The van der Waals surface area contributed by atoms with Crippen LogP contribution in [0.1, 0.15) is 88.6 Å². The second kappa shape index (κ2) is 23.2. The molecule has 0 heterocycles. The Hall–Kier alpha value is 0.403. The van der Waals surface area contributed by atoms with Gasteiger partial charge >= 0.3 is 72.5 Å². The molecule has 0 saturated heterocycles. The Morgan fingerprint density at radius 2 is 0.938 bits per heavy atom. The molecule has 0 spiro atoms. The van der Waals surface area contributed by atoms with Crippen molar-refractivity contribution in [1.29, 1.82) is 0 Å². The van der Waals surface area contributed by atoms with Gasteiger partial charge in [-0.05, 0) is 34.0 Å². The van der Waals surface area contributed by atoms with Crippen LogP contribution in [0.4, 0.5) is 0 Å². The summed E-state index contributed by atoms with van der Waals surface area (Å²) in [6, 6.07) is 10.2. The summed E-state index contributed by atoms with van der Waals surface area (Å²) in [4.78, 5) is 7.50. The van der Waals surface area contributed by atoms with Crippen LogP contribution in [-0.4, -0.2) is 40.7 Å². The Kier molecular flexibility index (Phi) is 26.8. The van der Waals surface area contributed by atoms with E-state index < -0.39 is 0 Å². The number of hydrogen-bond donors (Lipinski definition) is 0. The van der Waals surface area contributed by atoms with E-state index >= 15 is 0 Å². The quantitative estimate of drug-likeness (QED) is 0.218. The molecule has 0 atom stereocenters. The topological polar surface area (TPSA) is 17.1 Å². The third-order valence-electron chi connectivity index (χ3n) is 4.67. The molecule has 1 aromatic carbocycles. The first-order valence-electron chi connectivity index (χ1n) is 11.6. The van der Waals surface area contributed by atoms with E-state index in [9.17, 15) is 0 Å². The molecule has 0 bridgehead atoms. The fraction of sp³-hybridized carbons (Fsp3) is 0.667. The zero-order valence-corrected chi connectivity index (χ0v) is 26.8. The third kappa shape index (κ3) is 19.8. The van der Waals surface area contributed by atoms with E-state index in [0.29, 0.717) is 0 Å². The van der Waals surface area contributed by atoms with Gasteiger partial charge in [0, 0.05) is 0 Å². The second-order valence-electron chi connectivity index (χ2n) is 9.23. The van der Waals surface area contributed by atoms with Crippen molar-refractivity contribution in [2.45, 2.75) is 117 Å². The molecule has 5 heteroatoms. The average Bonchev–Trinajstić information content (AvgIpc) is 2.67. The van der Waals surface area contributed by atoms with Crippen molar-refractivity contribution < 1.29 is 20.9 Å². The van der Waals surface area contributed by atoms with Gasteiger partial charge in [0.2, 0.25) is 0 Å². The normalized spacial score (nSPS) is 11.4. The molecule has 188 valence electrons. The van der Waals surface area contributed by atoms with E-state index in [-0.39, 0.29) is 32.0 Å².